The Balaban J connectivity index is 1.46. The zero-order valence-corrected chi connectivity index (χ0v) is 20.1. The zero-order chi connectivity index (χ0) is 23.9. The van der Waals surface area contributed by atoms with Crippen molar-refractivity contribution < 1.29 is 14.6 Å². The van der Waals surface area contributed by atoms with Gasteiger partial charge in [0.15, 0.2) is 5.82 Å². The van der Waals surface area contributed by atoms with Gasteiger partial charge in [0.25, 0.3) is 0 Å². The summed E-state index contributed by atoms with van der Waals surface area (Å²) in [6.45, 7) is 4.89. The topological polar surface area (TPSA) is 99.3 Å². The lowest BCUT2D eigenvalue weighted by Gasteiger charge is -2.24. The Bertz CT molecular complexity index is 1300. The first-order chi connectivity index (χ1) is 16.4. The van der Waals surface area contributed by atoms with Gasteiger partial charge in [0.2, 0.25) is 5.91 Å². The van der Waals surface area contributed by atoms with E-state index in [4.69, 9.17) is 9.72 Å². The van der Waals surface area contributed by atoms with E-state index in [0.29, 0.717) is 36.6 Å². The fourth-order valence-electron chi connectivity index (χ4n) is 5.20. The number of nitrogens with zero attached hydrogens (tertiary/aromatic N) is 4. The van der Waals surface area contributed by atoms with Gasteiger partial charge in [0.05, 0.1) is 18.3 Å². The maximum Gasteiger partial charge on any atom is 0.223 e. The maximum atomic E-state index is 12.5. The largest absolute Gasteiger partial charge is 0.490 e. The van der Waals surface area contributed by atoms with Crippen LogP contribution in [0.15, 0.2) is 36.4 Å². The van der Waals surface area contributed by atoms with E-state index in [1.54, 1.807) is 17.0 Å². The van der Waals surface area contributed by atoms with Gasteiger partial charge in [-0.25, -0.2) is 4.98 Å². The number of ether oxygens (including phenoxy) is 1. The minimum absolute atomic E-state index is 0.0135. The van der Waals surface area contributed by atoms with E-state index in [0.717, 1.165) is 29.0 Å². The molecule has 8 heteroatoms. The first-order valence-corrected chi connectivity index (χ1v) is 12.3. The lowest BCUT2D eigenvalue weighted by Crippen LogP contribution is -2.32. The summed E-state index contributed by atoms with van der Waals surface area (Å²) in [4.78, 5) is 19.1. The van der Waals surface area contributed by atoms with E-state index < -0.39 is 0 Å². The molecule has 0 radical (unpaired) electrons. The SMILES string of the molecule is CC(C)Oc1ccc(-c2nsc(-c3cccc4c3CCC43CC(=O)N(CCO)C3)n2)cc1C#N. The number of β-amino-alcohol motifs (C(OH)–C–C–N with tert-alkyl or cyclic N) is 1. The van der Waals surface area contributed by atoms with Crippen molar-refractivity contribution in [1.82, 2.24) is 14.3 Å². The van der Waals surface area contributed by atoms with Crippen molar-refractivity contribution >= 4 is 17.4 Å². The van der Waals surface area contributed by atoms with Crippen LogP contribution in [0.5, 0.6) is 5.75 Å². The number of carbonyl (C=O) groups is 1. The molecule has 3 aromatic rings. The van der Waals surface area contributed by atoms with Crippen LogP contribution in [0.4, 0.5) is 0 Å². The number of likely N-dealkylation sites (tertiary alicyclic amines) is 1. The Morgan fingerprint density at radius 3 is 2.94 bits per heavy atom. The van der Waals surface area contributed by atoms with Gasteiger partial charge in [0.1, 0.15) is 16.8 Å². The summed E-state index contributed by atoms with van der Waals surface area (Å²) in [5, 5.41) is 19.7. The zero-order valence-electron chi connectivity index (χ0n) is 19.2. The molecule has 174 valence electrons. The van der Waals surface area contributed by atoms with E-state index in [1.807, 2.05) is 26.0 Å². The van der Waals surface area contributed by atoms with Gasteiger partial charge >= 0.3 is 0 Å². The Hall–Kier alpha value is -3.28. The number of benzene rings is 2. The van der Waals surface area contributed by atoms with Crippen molar-refractivity contribution in [2.45, 2.75) is 44.6 Å². The molecule has 1 spiro atoms. The summed E-state index contributed by atoms with van der Waals surface area (Å²) in [5.41, 5.74) is 4.58. The third-order valence-electron chi connectivity index (χ3n) is 6.68. The number of aromatic nitrogens is 2. The summed E-state index contributed by atoms with van der Waals surface area (Å²) in [6.07, 6.45) is 2.28. The predicted octanol–water partition coefficient (Wildman–Crippen LogP) is 3.94. The van der Waals surface area contributed by atoms with Gasteiger partial charge in [-0.3, -0.25) is 4.79 Å². The summed E-state index contributed by atoms with van der Waals surface area (Å²) in [6, 6.07) is 13.9. The maximum absolute atomic E-state index is 12.5. The number of aliphatic hydroxyl groups is 1. The number of carbonyl (C=O) groups excluding carboxylic acids is 1. The minimum atomic E-state index is -0.181. The molecule has 5 rings (SSSR count). The highest BCUT2D eigenvalue weighted by atomic mass is 32.1. The number of amides is 1. The summed E-state index contributed by atoms with van der Waals surface area (Å²) in [5.74, 6) is 1.26. The molecule has 7 nitrogen and oxygen atoms in total. The summed E-state index contributed by atoms with van der Waals surface area (Å²) >= 11 is 1.35. The molecule has 1 aliphatic carbocycles. The van der Waals surface area contributed by atoms with Crippen LogP contribution in [0.1, 0.15) is 43.4 Å². The summed E-state index contributed by atoms with van der Waals surface area (Å²) in [7, 11) is 0. The molecule has 2 aromatic carbocycles. The normalized spacial score (nSPS) is 19.1. The molecular formula is C26H26N4O3S. The lowest BCUT2D eigenvalue weighted by atomic mass is 9.80. The van der Waals surface area contributed by atoms with Gasteiger partial charge in [-0.2, -0.15) is 9.64 Å². The Labute approximate surface area is 202 Å². The molecule has 1 amide bonds. The average molecular weight is 475 g/mol. The number of fused-ring (bicyclic) bond motifs is 2. The average Bonchev–Trinajstić information content (AvgIpc) is 3.52. The number of hydrogen-bond donors (Lipinski definition) is 1. The molecular weight excluding hydrogens is 448 g/mol. The van der Waals surface area contributed by atoms with Gasteiger partial charge in [-0.1, -0.05) is 18.2 Å². The second-order valence-corrected chi connectivity index (χ2v) is 9.99. The second-order valence-electron chi connectivity index (χ2n) is 9.24. The van der Waals surface area contributed by atoms with Crippen molar-refractivity contribution in [3.63, 3.8) is 0 Å². The van der Waals surface area contributed by atoms with Gasteiger partial charge in [-0.15, -0.1) is 0 Å². The highest BCUT2D eigenvalue weighted by Gasteiger charge is 2.48. The highest BCUT2D eigenvalue weighted by molar-refractivity contribution is 7.09. The fraction of sp³-hybridized carbons (Fsp3) is 0.385. The van der Waals surface area contributed by atoms with Crippen LogP contribution in [0.3, 0.4) is 0 Å². The van der Waals surface area contributed by atoms with Crippen LogP contribution < -0.4 is 4.74 Å². The van der Waals surface area contributed by atoms with E-state index in [9.17, 15) is 15.2 Å². The molecule has 0 saturated carbocycles. The van der Waals surface area contributed by atoms with Crippen molar-refractivity contribution in [2.75, 3.05) is 19.7 Å². The standard InChI is InChI=1S/C26H26N4O3S/c1-16(2)33-22-7-6-17(12-18(22)14-27)24-28-25(34-29-24)20-4-3-5-21-19(20)8-9-26(21)13-23(32)30(15-26)10-11-31/h3-7,12,16,31H,8-11,13,15H2,1-2H3. The van der Waals surface area contributed by atoms with Crippen LogP contribution >= 0.6 is 11.5 Å². The molecule has 1 unspecified atom stereocenters. The fourth-order valence-corrected chi connectivity index (χ4v) is 5.93. The summed E-state index contributed by atoms with van der Waals surface area (Å²) < 4.78 is 10.3. The van der Waals surface area contributed by atoms with Gasteiger partial charge in [0, 0.05) is 36.1 Å². The molecule has 1 fully saturated rings. The molecule has 1 aliphatic heterocycles. The predicted molar refractivity (Wildman–Crippen MR) is 130 cm³/mol. The highest BCUT2D eigenvalue weighted by Crippen LogP contribution is 2.48. The first kappa shape index (κ1) is 22.5. The molecule has 0 bridgehead atoms. The quantitative estimate of drug-likeness (QED) is 0.581. The van der Waals surface area contributed by atoms with Crippen LogP contribution in [-0.4, -0.2) is 51.1 Å². The molecule has 2 aliphatic rings. The first-order valence-electron chi connectivity index (χ1n) is 11.5. The van der Waals surface area contributed by atoms with Crippen LogP contribution in [0, 0.1) is 11.3 Å². The van der Waals surface area contributed by atoms with Gasteiger partial charge < -0.3 is 14.7 Å². The van der Waals surface area contributed by atoms with Crippen molar-refractivity contribution in [3.05, 3.63) is 53.1 Å². The number of rotatable bonds is 6. The van der Waals surface area contributed by atoms with Crippen molar-refractivity contribution in [1.29, 1.82) is 5.26 Å². The third-order valence-corrected chi connectivity index (χ3v) is 7.43. The number of aliphatic hydroxyl groups excluding tert-OH is 1. The molecule has 1 saturated heterocycles. The van der Waals surface area contributed by atoms with E-state index in [2.05, 4.69) is 22.6 Å². The molecule has 34 heavy (non-hydrogen) atoms. The molecule has 1 N–H and O–H groups in total. The van der Waals surface area contributed by atoms with E-state index >= 15 is 0 Å². The Morgan fingerprint density at radius 2 is 2.18 bits per heavy atom. The molecule has 1 aromatic heterocycles. The second kappa shape index (κ2) is 8.82. The van der Waals surface area contributed by atoms with Crippen LogP contribution in [0.2, 0.25) is 0 Å². The van der Waals surface area contributed by atoms with Gasteiger partial charge in [-0.05, 0) is 67.5 Å². The third kappa shape index (κ3) is 3.85. The van der Waals surface area contributed by atoms with E-state index in [-0.39, 0.29) is 24.0 Å². The van der Waals surface area contributed by atoms with Crippen molar-refractivity contribution in [3.8, 4) is 33.8 Å². The Kier molecular flexibility index (Phi) is 5.84. The molecule has 2 heterocycles. The number of hydrogen-bond acceptors (Lipinski definition) is 7. The van der Waals surface area contributed by atoms with E-state index in [1.165, 1.54) is 22.7 Å². The Morgan fingerprint density at radius 1 is 1.32 bits per heavy atom. The monoisotopic (exact) mass is 474 g/mol. The van der Waals surface area contributed by atoms with Crippen LogP contribution in [-0.2, 0) is 16.6 Å². The smallest absolute Gasteiger partial charge is 0.223 e. The lowest BCUT2D eigenvalue weighted by molar-refractivity contribution is -0.128. The number of nitriles is 1. The van der Waals surface area contributed by atoms with Crippen molar-refractivity contribution in [2.24, 2.45) is 0 Å². The van der Waals surface area contributed by atoms with Crippen LogP contribution in [0.25, 0.3) is 22.0 Å². The molecule has 1 atom stereocenters. The minimum Gasteiger partial charge on any atom is -0.490 e.